The van der Waals surface area contributed by atoms with Crippen LogP contribution in [0, 0.1) is 5.92 Å². The minimum atomic E-state index is -2.94. The zero-order chi connectivity index (χ0) is 15.3. The molecule has 0 amide bonds. The van der Waals surface area contributed by atoms with Crippen LogP contribution in [0.2, 0.25) is 0 Å². The molecule has 3 nitrogen and oxygen atoms in total. The molecule has 4 heteroatoms. The van der Waals surface area contributed by atoms with E-state index in [0.29, 0.717) is 5.92 Å². The smallest absolute Gasteiger partial charge is 0.148 e. The normalized spacial score (nSPS) is 20.1. The monoisotopic (exact) mass is 309 g/mol. The Balaban J connectivity index is 2.12. The second kappa shape index (κ2) is 7.41. The van der Waals surface area contributed by atoms with Crippen molar-refractivity contribution in [1.82, 2.24) is 5.32 Å². The third-order valence-electron chi connectivity index (χ3n) is 4.30. The fourth-order valence-corrected chi connectivity index (χ4v) is 4.45. The lowest BCUT2D eigenvalue weighted by Gasteiger charge is -2.33. The summed E-state index contributed by atoms with van der Waals surface area (Å²) in [4.78, 5) is 0. The van der Waals surface area contributed by atoms with Crippen LogP contribution in [0.15, 0.2) is 30.3 Å². The largest absolute Gasteiger partial charge is 0.306 e. The first kappa shape index (κ1) is 16.5. The molecule has 1 saturated carbocycles. The lowest BCUT2D eigenvalue weighted by Crippen LogP contribution is -2.39. The molecule has 0 aliphatic heterocycles. The molecule has 0 aromatic heterocycles. The van der Waals surface area contributed by atoms with Gasteiger partial charge in [-0.05, 0) is 31.2 Å². The van der Waals surface area contributed by atoms with Gasteiger partial charge in [0.25, 0.3) is 0 Å². The van der Waals surface area contributed by atoms with Gasteiger partial charge in [-0.3, -0.25) is 0 Å². The average Bonchev–Trinajstić information content (AvgIpc) is 2.45. The Bertz CT molecular complexity index is 521. The number of nitrogens with one attached hydrogen (secondary N) is 1. The Hall–Kier alpha value is -0.870. The predicted molar refractivity (Wildman–Crippen MR) is 88.1 cm³/mol. The van der Waals surface area contributed by atoms with Gasteiger partial charge in [0.1, 0.15) is 9.84 Å². The van der Waals surface area contributed by atoms with Gasteiger partial charge in [0.05, 0.1) is 5.75 Å². The summed E-state index contributed by atoms with van der Waals surface area (Å²) in [6.45, 7) is 1.97. The summed E-state index contributed by atoms with van der Waals surface area (Å²) in [5.41, 5.74) is 1.28. The molecule has 2 atom stereocenters. The Morgan fingerprint density at radius 1 is 1.14 bits per heavy atom. The third-order valence-corrected chi connectivity index (χ3v) is 5.40. The van der Waals surface area contributed by atoms with Crippen molar-refractivity contribution in [3.8, 4) is 0 Å². The highest BCUT2D eigenvalue weighted by molar-refractivity contribution is 7.90. The van der Waals surface area contributed by atoms with E-state index in [0.717, 1.165) is 0 Å². The minimum absolute atomic E-state index is 0.0212. The minimum Gasteiger partial charge on any atom is -0.306 e. The molecule has 1 aliphatic carbocycles. The molecule has 1 fully saturated rings. The van der Waals surface area contributed by atoms with Gasteiger partial charge in [0, 0.05) is 18.3 Å². The van der Waals surface area contributed by atoms with Crippen LogP contribution < -0.4 is 5.32 Å². The zero-order valence-corrected chi connectivity index (χ0v) is 13.9. The van der Waals surface area contributed by atoms with Crippen molar-refractivity contribution in [3.63, 3.8) is 0 Å². The summed E-state index contributed by atoms with van der Waals surface area (Å²) in [7, 11) is -2.94. The van der Waals surface area contributed by atoms with Gasteiger partial charge in [-0.1, -0.05) is 49.6 Å². The summed E-state index contributed by atoms with van der Waals surface area (Å²) in [5.74, 6) is 0.812. The number of hydrogen-bond acceptors (Lipinski definition) is 3. The molecule has 0 saturated heterocycles. The molecule has 1 aromatic carbocycles. The van der Waals surface area contributed by atoms with Crippen LogP contribution in [-0.4, -0.2) is 26.5 Å². The van der Waals surface area contributed by atoms with Crippen molar-refractivity contribution in [2.45, 2.75) is 51.1 Å². The Morgan fingerprint density at radius 2 is 1.76 bits per heavy atom. The lowest BCUT2D eigenvalue weighted by atomic mass is 9.81. The second-order valence-corrected chi connectivity index (χ2v) is 8.63. The average molecular weight is 309 g/mol. The molecule has 1 aliphatic rings. The molecular weight excluding hydrogens is 282 g/mol. The Kier molecular flexibility index (Phi) is 5.82. The maximum Gasteiger partial charge on any atom is 0.148 e. The summed E-state index contributed by atoms with van der Waals surface area (Å²) in [5, 5.41) is 3.58. The Morgan fingerprint density at radius 3 is 2.33 bits per heavy atom. The molecule has 0 bridgehead atoms. The van der Waals surface area contributed by atoms with E-state index in [-0.39, 0.29) is 17.8 Å². The molecule has 2 unspecified atom stereocenters. The van der Waals surface area contributed by atoms with Crippen LogP contribution in [-0.2, 0) is 9.84 Å². The predicted octanol–water partition coefficient (Wildman–Crippen LogP) is 3.33. The SMILES string of the molecule is CC(CS(C)(=O)=O)NC(c1ccccc1)C1CCCCC1. The van der Waals surface area contributed by atoms with Crippen molar-refractivity contribution in [2.24, 2.45) is 5.92 Å². The van der Waals surface area contributed by atoms with Gasteiger partial charge >= 0.3 is 0 Å². The van der Waals surface area contributed by atoms with Crippen LogP contribution in [0.5, 0.6) is 0 Å². The fourth-order valence-electron chi connectivity index (χ4n) is 3.44. The van der Waals surface area contributed by atoms with Crippen LogP contribution in [0.25, 0.3) is 0 Å². The van der Waals surface area contributed by atoms with Crippen molar-refractivity contribution >= 4 is 9.84 Å². The molecular formula is C17H27NO2S. The van der Waals surface area contributed by atoms with Gasteiger partial charge < -0.3 is 5.32 Å². The van der Waals surface area contributed by atoms with Gasteiger partial charge in [0.15, 0.2) is 0 Å². The zero-order valence-electron chi connectivity index (χ0n) is 13.1. The summed E-state index contributed by atoms with van der Waals surface area (Å²) in [6, 6.07) is 10.7. The van der Waals surface area contributed by atoms with E-state index in [1.165, 1.54) is 43.9 Å². The van der Waals surface area contributed by atoms with E-state index >= 15 is 0 Å². The number of benzene rings is 1. The van der Waals surface area contributed by atoms with Gasteiger partial charge in [-0.15, -0.1) is 0 Å². The molecule has 1 aromatic rings. The van der Waals surface area contributed by atoms with E-state index < -0.39 is 9.84 Å². The number of rotatable bonds is 6. The lowest BCUT2D eigenvalue weighted by molar-refractivity contribution is 0.260. The fraction of sp³-hybridized carbons (Fsp3) is 0.647. The molecule has 1 N–H and O–H groups in total. The molecule has 0 heterocycles. The topological polar surface area (TPSA) is 46.2 Å². The van der Waals surface area contributed by atoms with E-state index in [2.05, 4.69) is 29.6 Å². The van der Waals surface area contributed by atoms with Crippen LogP contribution >= 0.6 is 0 Å². The van der Waals surface area contributed by atoms with Crippen LogP contribution in [0.4, 0.5) is 0 Å². The second-order valence-electron chi connectivity index (χ2n) is 6.45. The van der Waals surface area contributed by atoms with Crippen molar-refractivity contribution in [1.29, 1.82) is 0 Å². The molecule has 21 heavy (non-hydrogen) atoms. The third kappa shape index (κ3) is 5.44. The Labute approximate surface area is 129 Å². The van der Waals surface area contributed by atoms with E-state index in [1.54, 1.807) is 0 Å². The summed E-state index contributed by atoms with van der Waals surface area (Å²) in [6.07, 6.45) is 7.68. The van der Waals surface area contributed by atoms with Crippen molar-refractivity contribution < 1.29 is 8.42 Å². The van der Waals surface area contributed by atoms with Crippen LogP contribution in [0.3, 0.4) is 0 Å². The van der Waals surface area contributed by atoms with E-state index in [9.17, 15) is 8.42 Å². The first-order valence-corrected chi connectivity index (χ1v) is 10.0. The molecule has 2 rings (SSSR count). The molecule has 0 spiro atoms. The van der Waals surface area contributed by atoms with Gasteiger partial charge in [-0.25, -0.2) is 8.42 Å². The highest BCUT2D eigenvalue weighted by atomic mass is 32.2. The maximum absolute atomic E-state index is 11.5. The quantitative estimate of drug-likeness (QED) is 0.876. The highest BCUT2D eigenvalue weighted by Gasteiger charge is 2.26. The highest BCUT2D eigenvalue weighted by Crippen LogP contribution is 2.34. The number of hydrogen-bond donors (Lipinski definition) is 1. The van der Waals surface area contributed by atoms with Gasteiger partial charge in [0.2, 0.25) is 0 Å². The van der Waals surface area contributed by atoms with Crippen molar-refractivity contribution in [3.05, 3.63) is 35.9 Å². The standard InChI is InChI=1S/C17H27NO2S/c1-14(13-21(2,19)20)18-17(15-9-5-3-6-10-15)16-11-7-4-8-12-16/h3,5-6,9-10,14,16-18H,4,7-8,11-13H2,1-2H3. The van der Waals surface area contributed by atoms with E-state index in [1.807, 2.05) is 13.0 Å². The van der Waals surface area contributed by atoms with Gasteiger partial charge in [-0.2, -0.15) is 0 Å². The summed E-state index contributed by atoms with van der Waals surface area (Å²) >= 11 is 0. The summed E-state index contributed by atoms with van der Waals surface area (Å²) < 4.78 is 23.0. The molecule has 0 radical (unpaired) electrons. The van der Waals surface area contributed by atoms with E-state index in [4.69, 9.17) is 0 Å². The maximum atomic E-state index is 11.5. The first-order chi connectivity index (χ1) is 9.96. The first-order valence-electron chi connectivity index (χ1n) is 7.94. The number of sulfone groups is 1. The van der Waals surface area contributed by atoms with Crippen molar-refractivity contribution in [2.75, 3.05) is 12.0 Å². The molecule has 118 valence electrons. The van der Waals surface area contributed by atoms with Crippen LogP contribution in [0.1, 0.15) is 50.6 Å².